The number of rotatable bonds is 5. The Labute approximate surface area is 123 Å². The number of halogens is 2. The van der Waals surface area contributed by atoms with E-state index in [0.717, 1.165) is 6.42 Å². The van der Waals surface area contributed by atoms with Crippen LogP contribution in [0.25, 0.3) is 0 Å². The summed E-state index contributed by atoms with van der Waals surface area (Å²) in [6.45, 7) is -0.165. The van der Waals surface area contributed by atoms with Crippen molar-refractivity contribution in [2.75, 3.05) is 11.9 Å². The number of amides is 1. The summed E-state index contributed by atoms with van der Waals surface area (Å²) in [7, 11) is 0. The molecule has 1 aliphatic rings. The minimum absolute atomic E-state index is 0.0676. The summed E-state index contributed by atoms with van der Waals surface area (Å²) in [6, 6.07) is 4.29. The first kappa shape index (κ1) is 14.9. The predicted octanol–water partition coefficient (Wildman–Crippen LogP) is 2.12. The van der Waals surface area contributed by atoms with E-state index in [-0.39, 0.29) is 12.2 Å². The number of carboxylic acid groups (broad SMARTS) is 1. The molecule has 0 heterocycles. The van der Waals surface area contributed by atoms with Gasteiger partial charge in [-0.2, -0.15) is 0 Å². The summed E-state index contributed by atoms with van der Waals surface area (Å²) >= 11 is 3.12. The van der Waals surface area contributed by atoms with Gasteiger partial charge in [0.25, 0.3) is 0 Å². The molecule has 0 saturated heterocycles. The van der Waals surface area contributed by atoms with E-state index in [1.165, 1.54) is 12.1 Å². The van der Waals surface area contributed by atoms with Crippen LogP contribution in [0.4, 0.5) is 10.1 Å². The van der Waals surface area contributed by atoms with Crippen molar-refractivity contribution in [1.82, 2.24) is 5.32 Å². The van der Waals surface area contributed by atoms with Crippen molar-refractivity contribution in [2.45, 2.75) is 24.8 Å². The Morgan fingerprint density at radius 2 is 2.10 bits per heavy atom. The maximum absolute atomic E-state index is 13.5. The van der Waals surface area contributed by atoms with Gasteiger partial charge in [0.15, 0.2) is 0 Å². The third kappa shape index (κ3) is 3.16. The van der Waals surface area contributed by atoms with Gasteiger partial charge in [-0.3, -0.25) is 14.9 Å². The third-order valence-corrected chi connectivity index (χ3v) is 3.90. The summed E-state index contributed by atoms with van der Waals surface area (Å²) < 4.78 is 14.1. The molecule has 0 unspecified atom stereocenters. The molecular formula is C13H14BrFN2O3. The molecule has 20 heavy (non-hydrogen) atoms. The summed E-state index contributed by atoms with van der Waals surface area (Å²) in [4.78, 5) is 22.8. The highest BCUT2D eigenvalue weighted by Crippen LogP contribution is 2.31. The van der Waals surface area contributed by atoms with E-state index in [0.29, 0.717) is 17.3 Å². The number of benzene rings is 1. The van der Waals surface area contributed by atoms with Crippen molar-refractivity contribution in [1.29, 1.82) is 0 Å². The van der Waals surface area contributed by atoms with Crippen molar-refractivity contribution in [3.8, 4) is 0 Å². The van der Waals surface area contributed by atoms with Crippen molar-refractivity contribution < 1.29 is 19.1 Å². The van der Waals surface area contributed by atoms with Gasteiger partial charge in [-0.05, 0) is 37.5 Å². The molecule has 0 atom stereocenters. The number of carbonyl (C=O) groups is 2. The number of anilines is 1. The van der Waals surface area contributed by atoms with Crippen molar-refractivity contribution in [3.63, 3.8) is 0 Å². The zero-order valence-corrected chi connectivity index (χ0v) is 12.2. The van der Waals surface area contributed by atoms with E-state index in [1.54, 1.807) is 6.07 Å². The van der Waals surface area contributed by atoms with Crippen LogP contribution < -0.4 is 10.6 Å². The Hall–Kier alpha value is -1.47. The molecule has 1 aliphatic carbocycles. The van der Waals surface area contributed by atoms with E-state index < -0.39 is 23.2 Å². The lowest BCUT2D eigenvalue weighted by atomic mass is 9.77. The fourth-order valence-electron chi connectivity index (χ4n) is 2.03. The fraction of sp³-hybridized carbons (Fsp3) is 0.385. The predicted molar refractivity (Wildman–Crippen MR) is 75.0 cm³/mol. The van der Waals surface area contributed by atoms with Crippen LogP contribution in [-0.4, -0.2) is 29.1 Å². The molecule has 0 aliphatic heterocycles. The second-order valence-corrected chi connectivity index (χ2v) is 5.68. The molecule has 108 valence electrons. The Morgan fingerprint density at radius 3 is 2.60 bits per heavy atom. The molecule has 7 heteroatoms. The Bertz CT molecular complexity index is 546. The van der Waals surface area contributed by atoms with Gasteiger partial charge in [0.2, 0.25) is 5.91 Å². The molecule has 2 rings (SSSR count). The van der Waals surface area contributed by atoms with Crippen molar-refractivity contribution in [2.24, 2.45) is 0 Å². The van der Waals surface area contributed by atoms with E-state index >= 15 is 0 Å². The first-order valence-corrected chi connectivity index (χ1v) is 6.96. The van der Waals surface area contributed by atoms with Crippen LogP contribution in [-0.2, 0) is 9.59 Å². The van der Waals surface area contributed by atoms with Crippen LogP contribution in [0, 0.1) is 5.82 Å². The lowest BCUT2D eigenvalue weighted by Gasteiger charge is -2.38. The summed E-state index contributed by atoms with van der Waals surface area (Å²) in [6.07, 6.45) is 1.83. The Kier molecular flexibility index (Phi) is 4.39. The highest BCUT2D eigenvalue weighted by Gasteiger charge is 2.44. The van der Waals surface area contributed by atoms with Crippen LogP contribution in [0.3, 0.4) is 0 Å². The average molecular weight is 345 g/mol. The largest absolute Gasteiger partial charge is 0.480 e. The number of hydrogen-bond donors (Lipinski definition) is 3. The van der Waals surface area contributed by atoms with Crippen LogP contribution in [0.2, 0.25) is 0 Å². The van der Waals surface area contributed by atoms with Gasteiger partial charge in [-0.1, -0.05) is 15.9 Å². The second-order valence-electron chi connectivity index (χ2n) is 4.77. The molecule has 0 spiro atoms. The normalized spacial score (nSPS) is 16.3. The molecule has 0 radical (unpaired) electrons. The van der Waals surface area contributed by atoms with Gasteiger partial charge < -0.3 is 10.4 Å². The first-order valence-electron chi connectivity index (χ1n) is 6.16. The molecule has 1 aromatic rings. The Morgan fingerprint density at radius 1 is 1.40 bits per heavy atom. The minimum Gasteiger partial charge on any atom is -0.480 e. The summed E-state index contributed by atoms with van der Waals surface area (Å²) in [5.41, 5.74) is -0.937. The van der Waals surface area contributed by atoms with Crippen LogP contribution in [0.1, 0.15) is 19.3 Å². The molecule has 1 fully saturated rings. The average Bonchev–Trinajstić information content (AvgIpc) is 2.31. The van der Waals surface area contributed by atoms with Gasteiger partial charge in [0, 0.05) is 4.47 Å². The SMILES string of the molecule is O=C(CNC1(C(=O)O)CCC1)Nc1ccc(Br)cc1F. The highest BCUT2D eigenvalue weighted by atomic mass is 79.9. The van der Waals surface area contributed by atoms with E-state index in [2.05, 4.69) is 26.6 Å². The molecule has 3 N–H and O–H groups in total. The lowest BCUT2D eigenvalue weighted by Crippen LogP contribution is -2.58. The lowest BCUT2D eigenvalue weighted by molar-refractivity contribution is -0.148. The van der Waals surface area contributed by atoms with Gasteiger partial charge in [-0.15, -0.1) is 0 Å². The molecule has 0 aromatic heterocycles. The van der Waals surface area contributed by atoms with Gasteiger partial charge >= 0.3 is 5.97 Å². The minimum atomic E-state index is -1.00. The number of aliphatic carboxylic acids is 1. The molecule has 0 bridgehead atoms. The molecule has 1 saturated carbocycles. The number of carboxylic acids is 1. The molecule has 1 aromatic carbocycles. The zero-order valence-electron chi connectivity index (χ0n) is 10.6. The van der Waals surface area contributed by atoms with Crippen LogP contribution in [0.15, 0.2) is 22.7 Å². The third-order valence-electron chi connectivity index (χ3n) is 3.41. The molecule has 5 nitrogen and oxygen atoms in total. The molecule has 1 amide bonds. The van der Waals surface area contributed by atoms with Crippen LogP contribution >= 0.6 is 15.9 Å². The van der Waals surface area contributed by atoms with Gasteiger partial charge in [-0.25, -0.2) is 4.39 Å². The summed E-state index contributed by atoms with van der Waals surface area (Å²) in [5.74, 6) is -1.98. The Balaban J connectivity index is 1.91. The smallest absolute Gasteiger partial charge is 0.323 e. The topological polar surface area (TPSA) is 78.4 Å². The molecular weight excluding hydrogens is 331 g/mol. The van der Waals surface area contributed by atoms with E-state index in [1.807, 2.05) is 0 Å². The van der Waals surface area contributed by atoms with Crippen molar-refractivity contribution >= 4 is 33.5 Å². The maximum atomic E-state index is 13.5. The van der Waals surface area contributed by atoms with Gasteiger partial charge in [0.05, 0.1) is 12.2 Å². The summed E-state index contributed by atoms with van der Waals surface area (Å²) in [5, 5.41) is 14.2. The number of hydrogen-bond acceptors (Lipinski definition) is 3. The van der Waals surface area contributed by atoms with E-state index in [4.69, 9.17) is 5.11 Å². The number of nitrogens with one attached hydrogen (secondary N) is 2. The standard InChI is InChI=1S/C13H14BrFN2O3/c14-8-2-3-10(9(15)6-8)17-11(18)7-16-13(12(19)20)4-1-5-13/h2-3,6,16H,1,4-5,7H2,(H,17,18)(H,19,20). The van der Waals surface area contributed by atoms with Crippen molar-refractivity contribution in [3.05, 3.63) is 28.5 Å². The highest BCUT2D eigenvalue weighted by molar-refractivity contribution is 9.10. The first-order chi connectivity index (χ1) is 9.43. The zero-order chi connectivity index (χ0) is 14.8. The van der Waals surface area contributed by atoms with E-state index in [9.17, 15) is 14.0 Å². The van der Waals surface area contributed by atoms with Crippen LogP contribution in [0.5, 0.6) is 0 Å². The monoisotopic (exact) mass is 344 g/mol. The maximum Gasteiger partial charge on any atom is 0.323 e. The van der Waals surface area contributed by atoms with Gasteiger partial charge in [0.1, 0.15) is 11.4 Å². The fourth-order valence-corrected chi connectivity index (χ4v) is 2.36. The second kappa shape index (κ2) is 5.88. The quantitative estimate of drug-likeness (QED) is 0.764. The number of carbonyl (C=O) groups excluding carboxylic acids is 1.